The molecule has 0 unspecified atom stereocenters. The third kappa shape index (κ3) is 3.20. The van der Waals surface area contributed by atoms with Crippen LogP contribution in [0.3, 0.4) is 0 Å². The van der Waals surface area contributed by atoms with E-state index in [0.717, 1.165) is 0 Å². The second-order valence-electron chi connectivity index (χ2n) is 3.63. The second kappa shape index (κ2) is 6.39. The first-order valence-corrected chi connectivity index (χ1v) is 6.88. The summed E-state index contributed by atoms with van der Waals surface area (Å²) in [6, 6.07) is 3.50. The summed E-state index contributed by atoms with van der Waals surface area (Å²) in [4.78, 5) is 19.2. The number of benzene rings is 1. The normalized spacial score (nSPS) is 10.2. The van der Waals surface area contributed by atoms with Crippen LogP contribution < -0.4 is 5.32 Å². The predicted octanol–water partition coefficient (Wildman–Crippen LogP) is 4.08. The van der Waals surface area contributed by atoms with Crippen molar-refractivity contribution in [1.29, 1.82) is 0 Å². The fraction of sp³-hybridized carbons (Fsp3) is 0.0833. The standard InChI is InChI=1S/C12H8BrCl2N3O2/c1-20-12(19)8-4-17-9(5-16-8)18-7-3-2-6(13)10(14)11(7)15/h2-5H,1H3,(H,17,18). The summed E-state index contributed by atoms with van der Waals surface area (Å²) in [6.07, 6.45) is 2.71. The summed E-state index contributed by atoms with van der Waals surface area (Å²) >= 11 is 15.4. The van der Waals surface area contributed by atoms with Crippen LogP contribution in [0.1, 0.15) is 10.5 Å². The first kappa shape index (κ1) is 15.0. The number of aromatic nitrogens is 2. The minimum absolute atomic E-state index is 0.123. The van der Waals surface area contributed by atoms with Gasteiger partial charge in [0.15, 0.2) is 5.69 Å². The van der Waals surface area contributed by atoms with E-state index in [2.05, 4.69) is 36.0 Å². The van der Waals surface area contributed by atoms with Crippen molar-refractivity contribution in [2.45, 2.75) is 0 Å². The van der Waals surface area contributed by atoms with E-state index in [-0.39, 0.29) is 5.69 Å². The summed E-state index contributed by atoms with van der Waals surface area (Å²) in [5, 5.41) is 3.72. The van der Waals surface area contributed by atoms with Gasteiger partial charge in [-0.05, 0) is 28.1 Å². The Hall–Kier alpha value is -1.37. The van der Waals surface area contributed by atoms with E-state index in [0.29, 0.717) is 26.0 Å². The number of rotatable bonds is 3. The fourth-order valence-corrected chi connectivity index (χ4v) is 2.18. The van der Waals surface area contributed by atoms with Crippen LogP contribution in [0.5, 0.6) is 0 Å². The minimum atomic E-state index is -0.547. The summed E-state index contributed by atoms with van der Waals surface area (Å²) < 4.78 is 5.23. The number of ether oxygens (including phenoxy) is 1. The van der Waals surface area contributed by atoms with Crippen molar-refractivity contribution in [3.05, 3.63) is 44.7 Å². The van der Waals surface area contributed by atoms with Gasteiger partial charge in [-0.1, -0.05) is 23.2 Å². The Morgan fingerprint density at radius 1 is 1.25 bits per heavy atom. The highest BCUT2D eigenvalue weighted by atomic mass is 79.9. The molecule has 0 amide bonds. The quantitative estimate of drug-likeness (QED) is 0.645. The Labute approximate surface area is 133 Å². The number of esters is 1. The molecule has 0 saturated carbocycles. The largest absolute Gasteiger partial charge is 0.464 e. The highest BCUT2D eigenvalue weighted by Crippen LogP contribution is 2.36. The Balaban J connectivity index is 2.23. The van der Waals surface area contributed by atoms with E-state index in [1.54, 1.807) is 12.1 Å². The minimum Gasteiger partial charge on any atom is -0.464 e. The van der Waals surface area contributed by atoms with E-state index in [1.807, 2.05) is 0 Å². The molecule has 0 aliphatic rings. The van der Waals surface area contributed by atoms with Crippen molar-refractivity contribution in [3.8, 4) is 0 Å². The Kier molecular flexibility index (Phi) is 4.80. The smallest absolute Gasteiger partial charge is 0.358 e. The molecule has 0 spiro atoms. The van der Waals surface area contributed by atoms with Crippen LogP contribution in [0, 0.1) is 0 Å². The lowest BCUT2D eigenvalue weighted by Gasteiger charge is -2.09. The van der Waals surface area contributed by atoms with Crippen molar-refractivity contribution in [3.63, 3.8) is 0 Å². The molecule has 104 valence electrons. The molecule has 0 fully saturated rings. The molecule has 1 heterocycles. The van der Waals surface area contributed by atoms with Crippen molar-refractivity contribution < 1.29 is 9.53 Å². The van der Waals surface area contributed by atoms with Crippen molar-refractivity contribution in [2.24, 2.45) is 0 Å². The van der Waals surface area contributed by atoms with Crippen LogP contribution in [-0.4, -0.2) is 23.0 Å². The van der Waals surface area contributed by atoms with E-state index in [1.165, 1.54) is 19.5 Å². The fourth-order valence-electron chi connectivity index (χ4n) is 1.36. The predicted molar refractivity (Wildman–Crippen MR) is 80.8 cm³/mol. The maximum Gasteiger partial charge on any atom is 0.358 e. The average Bonchev–Trinajstić information content (AvgIpc) is 2.48. The lowest BCUT2D eigenvalue weighted by Crippen LogP contribution is -2.05. The number of nitrogens with one attached hydrogen (secondary N) is 1. The molecule has 0 aliphatic heterocycles. The number of hydrogen-bond donors (Lipinski definition) is 1. The Morgan fingerprint density at radius 2 is 2.00 bits per heavy atom. The van der Waals surface area contributed by atoms with Crippen molar-refractivity contribution in [2.75, 3.05) is 12.4 Å². The summed E-state index contributed by atoms with van der Waals surface area (Å²) in [7, 11) is 1.28. The molecule has 1 N–H and O–H groups in total. The number of nitrogens with zero attached hydrogens (tertiary/aromatic N) is 2. The summed E-state index contributed by atoms with van der Waals surface area (Å²) in [5.74, 6) is -0.119. The summed E-state index contributed by atoms with van der Waals surface area (Å²) in [5.41, 5.74) is 0.706. The maximum absolute atomic E-state index is 11.2. The SMILES string of the molecule is COC(=O)c1cnc(Nc2ccc(Br)c(Cl)c2Cl)cn1. The van der Waals surface area contributed by atoms with Crippen LogP contribution in [0.4, 0.5) is 11.5 Å². The van der Waals surface area contributed by atoms with Crippen LogP contribution in [0.2, 0.25) is 10.0 Å². The zero-order valence-corrected chi connectivity index (χ0v) is 13.3. The number of methoxy groups -OCH3 is 1. The van der Waals surface area contributed by atoms with Gasteiger partial charge < -0.3 is 10.1 Å². The molecule has 0 bridgehead atoms. The van der Waals surface area contributed by atoms with Gasteiger partial charge in [0.25, 0.3) is 0 Å². The molecule has 20 heavy (non-hydrogen) atoms. The number of carbonyl (C=O) groups is 1. The van der Waals surface area contributed by atoms with Gasteiger partial charge in [-0.3, -0.25) is 0 Å². The Bertz CT molecular complexity index is 650. The van der Waals surface area contributed by atoms with Gasteiger partial charge in [0.2, 0.25) is 0 Å². The topological polar surface area (TPSA) is 64.1 Å². The van der Waals surface area contributed by atoms with Gasteiger partial charge in [0.1, 0.15) is 5.82 Å². The van der Waals surface area contributed by atoms with Gasteiger partial charge >= 0.3 is 5.97 Å². The monoisotopic (exact) mass is 375 g/mol. The highest BCUT2D eigenvalue weighted by molar-refractivity contribution is 9.10. The van der Waals surface area contributed by atoms with Crippen LogP contribution in [0.15, 0.2) is 29.0 Å². The third-order valence-corrected chi connectivity index (χ3v) is 4.12. The van der Waals surface area contributed by atoms with E-state index in [4.69, 9.17) is 23.2 Å². The third-order valence-electron chi connectivity index (χ3n) is 2.34. The van der Waals surface area contributed by atoms with Crippen LogP contribution >= 0.6 is 39.1 Å². The molecule has 8 heteroatoms. The molecule has 0 atom stereocenters. The molecule has 5 nitrogen and oxygen atoms in total. The number of halogens is 3. The van der Waals surface area contributed by atoms with Gasteiger partial charge in [0, 0.05) is 4.47 Å². The number of anilines is 2. The first-order valence-electron chi connectivity index (χ1n) is 5.34. The van der Waals surface area contributed by atoms with Crippen molar-refractivity contribution >= 4 is 56.6 Å². The number of carbonyl (C=O) groups excluding carboxylic acids is 1. The molecular formula is C12H8BrCl2N3O2. The Morgan fingerprint density at radius 3 is 2.60 bits per heavy atom. The molecule has 1 aromatic carbocycles. The van der Waals surface area contributed by atoms with Crippen LogP contribution in [-0.2, 0) is 4.74 Å². The lowest BCUT2D eigenvalue weighted by molar-refractivity contribution is 0.0593. The highest BCUT2D eigenvalue weighted by Gasteiger charge is 2.11. The van der Waals surface area contributed by atoms with Crippen molar-refractivity contribution in [1.82, 2.24) is 9.97 Å². The molecule has 1 aromatic heterocycles. The molecule has 2 rings (SSSR count). The molecular weight excluding hydrogens is 369 g/mol. The van der Waals surface area contributed by atoms with E-state index in [9.17, 15) is 4.79 Å². The maximum atomic E-state index is 11.2. The average molecular weight is 377 g/mol. The van der Waals surface area contributed by atoms with E-state index < -0.39 is 5.97 Å². The van der Waals surface area contributed by atoms with Gasteiger partial charge in [-0.15, -0.1) is 0 Å². The molecule has 0 saturated heterocycles. The zero-order chi connectivity index (χ0) is 14.7. The number of hydrogen-bond acceptors (Lipinski definition) is 5. The van der Waals surface area contributed by atoms with Crippen LogP contribution in [0.25, 0.3) is 0 Å². The van der Waals surface area contributed by atoms with Gasteiger partial charge in [0.05, 0.1) is 35.2 Å². The van der Waals surface area contributed by atoms with Gasteiger partial charge in [-0.25, -0.2) is 14.8 Å². The second-order valence-corrected chi connectivity index (χ2v) is 5.24. The zero-order valence-electron chi connectivity index (χ0n) is 10.2. The lowest BCUT2D eigenvalue weighted by atomic mass is 10.3. The first-order chi connectivity index (χ1) is 9.52. The van der Waals surface area contributed by atoms with Gasteiger partial charge in [-0.2, -0.15) is 0 Å². The molecule has 0 aliphatic carbocycles. The molecule has 0 radical (unpaired) electrons. The molecule has 2 aromatic rings. The summed E-state index contributed by atoms with van der Waals surface area (Å²) in [6.45, 7) is 0. The van der Waals surface area contributed by atoms with E-state index >= 15 is 0 Å².